The Kier molecular flexibility index (Phi) is 4.10. The number of rotatable bonds is 4. The minimum absolute atomic E-state index is 0.102. The van der Waals surface area contributed by atoms with Crippen LogP contribution in [0, 0.1) is 0 Å². The monoisotopic (exact) mass is 202 g/mol. The highest BCUT2D eigenvalue weighted by atomic mass is 32.2. The molecule has 1 aliphatic carbocycles. The number of hydrogen-bond acceptors (Lipinski definition) is 3. The lowest BCUT2D eigenvalue weighted by Crippen LogP contribution is -2.31. The van der Waals surface area contributed by atoms with Crippen LogP contribution in [0.3, 0.4) is 0 Å². The molecule has 1 rings (SSSR count). The van der Waals surface area contributed by atoms with Crippen molar-refractivity contribution in [2.75, 3.05) is 12.0 Å². The van der Waals surface area contributed by atoms with Crippen LogP contribution in [0.2, 0.25) is 0 Å². The third-order valence-corrected chi connectivity index (χ3v) is 3.25. The first-order chi connectivity index (χ1) is 6.18. The highest BCUT2D eigenvalue weighted by Gasteiger charge is 2.36. The maximum atomic E-state index is 10.9. The number of carbonyl (C=O) groups is 1. The van der Waals surface area contributed by atoms with E-state index < -0.39 is 0 Å². The molecule has 0 spiro atoms. The Hall–Kier alpha value is -0.180. The number of carbonyl (C=O) groups excluding carboxylic acids is 1. The van der Waals surface area contributed by atoms with E-state index in [0.29, 0.717) is 0 Å². The van der Waals surface area contributed by atoms with Gasteiger partial charge in [-0.05, 0) is 44.1 Å². The van der Waals surface area contributed by atoms with Gasteiger partial charge in [-0.25, -0.2) is 0 Å². The van der Waals surface area contributed by atoms with Gasteiger partial charge in [0.1, 0.15) is 5.60 Å². The molecule has 0 N–H and O–H groups in total. The third kappa shape index (κ3) is 3.22. The fourth-order valence-electron chi connectivity index (χ4n) is 2.02. The van der Waals surface area contributed by atoms with Crippen LogP contribution in [-0.2, 0) is 9.53 Å². The molecular formula is C10H18O2S. The van der Waals surface area contributed by atoms with E-state index in [2.05, 4.69) is 6.26 Å². The van der Waals surface area contributed by atoms with Crippen molar-refractivity contribution in [3.8, 4) is 0 Å². The Morgan fingerprint density at radius 3 is 2.54 bits per heavy atom. The van der Waals surface area contributed by atoms with Gasteiger partial charge in [0.2, 0.25) is 0 Å². The molecule has 3 heteroatoms. The first kappa shape index (κ1) is 10.9. The minimum atomic E-state index is -0.122. The molecular weight excluding hydrogens is 184 g/mol. The molecule has 0 unspecified atom stereocenters. The zero-order valence-electron chi connectivity index (χ0n) is 8.47. The van der Waals surface area contributed by atoms with E-state index in [1.165, 1.54) is 19.8 Å². The van der Waals surface area contributed by atoms with E-state index in [1.807, 2.05) is 11.8 Å². The number of thioether (sulfide) groups is 1. The molecule has 0 heterocycles. The molecule has 1 aliphatic rings. The fourth-order valence-corrected chi connectivity index (χ4v) is 2.59. The van der Waals surface area contributed by atoms with Gasteiger partial charge in [-0.15, -0.1) is 0 Å². The SMILES string of the molecule is CSCCC1(OC(C)=O)CCCC1. The Bertz CT molecular complexity index is 174. The number of ether oxygens (including phenoxy) is 1. The lowest BCUT2D eigenvalue weighted by Gasteiger charge is -2.28. The maximum Gasteiger partial charge on any atom is 0.303 e. The Balaban J connectivity index is 2.47. The van der Waals surface area contributed by atoms with Crippen molar-refractivity contribution in [2.45, 2.75) is 44.6 Å². The second kappa shape index (κ2) is 4.89. The summed E-state index contributed by atoms with van der Waals surface area (Å²) in [5.41, 5.74) is -0.102. The van der Waals surface area contributed by atoms with Crippen LogP contribution in [0.1, 0.15) is 39.0 Å². The first-order valence-electron chi connectivity index (χ1n) is 4.87. The largest absolute Gasteiger partial charge is 0.459 e. The molecule has 0 saturated heterocycles. The Morgan fingerprint density at radius 2 is 2.08 bits per heavy atom. The number of hydrogen-bond donors (Lipinski definition) is 0. The van der Waals surface area contributed by atoms with Crippen molar-refractivity contribution in [3.63, 3.8) is 0 Å². The van der Waals surface area contributed by atoms with Crippen molar-refractivity contribution >= 4 is 17.7 Å². The second-order valence-electron chi connectivity index (χ2n) is 3.73. The molecule has 0 aromatic heterocycles. The van der Waals surface area contributed by atoms with Crippen LogP contribution in [0.4, 0.5) is 0 Å². The number of esters is 1. The van der Waals surface area contributed by atoms with Crippen LogP contribution in [-0.4, -0.2) is 23.6 Å². The average molecular weight is 202 g/mol. The van der Waals surface area contributed by atoms with Crippen LogP contribution >= 0.6 is 11.8 Å². The van der Waals surface area contributed by atoms with E-state index >= 15 is 0 Å². The molecule has 0 aromatic carbocycles. The summed E-state index contributed by atoms with van der Waals surface area (Å²) in [7, 11) is 0. The van der Waals surface area contributed by atoms with E-state index in [1.54, 1.807) is 0 Å². The van der Waals surface area contributed by atoms with Crippen molar-refractivity contribution in [1.82, 2.24) is 0 Å². The molecule has 0 aliphatic heterocycles. The van der Waals surface area contributed by atoms with E-state index in [-0.39, 0.29) is 11.6 Å². The summed E-state index contributed by atoms with van der Waals surface area (Å²) in [6.45, 7) is 1.51. The average Bonchev–Trinajstić information content (AvgIpc) is 2.49. The zero-order chi connectivity index (χ0) is 9.73. The quantitative estimate of drug-likeness (QED) is 0.655. The molecule has 1 saturated carbocycles. The lowest BCUT2D eigenvalue weighted by atomic mass is 9.99. The van der Waals surface area contributed by atoms with Gasteiger partial charge in [0.25, 0.3) is 0 Å². The summed E-state index contributed by atoms with van der Waals surface area (Å²) in [4.78, 5) is 10.9. The molecule has 0 atom stereocenters. The summed E-state index contributed by atoms with van der Waals surface area (Å²) in [5.74, 6) is 0.968. The van der Waals surface area contributed by atoms with Crippen LogP contribution in [0.25, 0.3) is 0 Å². The van der Waals surface area contributed by atoms with Gasteiger partial charge in [-0.3, -0.25) is 4.79 Å². The minimum Gasteiger partial charge on any atom is -0.459 e. The molecule has 76 valence electrons. The summed E-state index contributed by atoms with van der Waals surface area (Å²) < 4.78 is 5.45. The molecule has 0 radical (unpaired) electrons. The highest BCUT2D eigenvalue weighted by molar-refractivity contribution is 7.98. The predicted octanol–water partition coefficient (Wildman–Crippen LogP) is 2.62. The van der Waals surface area contributed by atoms with Gasteiger partial charge in [-0.1, -0.05) is 0 Å². The lowest BCUT2D eigenvalue weighted by molar-refractivity contribution is -0.156. The molecule has 1 fully saturated rings. The highest BCUT2D eigenvalue weighted by Crippen LogP contribution is 2.36. The van der Waals surface area contributed by atoms with Crippen LogP contribution in [0.5, 0.6) is 0 Å². The second-order valence-corrected chi connectivity index (χ2v) is 4.71. The standard InChI is InChI=1S/C10H18O2S/c1-9(11)12-10(7-8-13-2)5-3-4-6-10/h3-8H2,1-2H3. The molecule has 0 amide bonds. The maximum absolute atomic E-state index is 10.9. The summed E-state index contributed by atoms with van der Waals surface area (Å²) in [5, 5.41) is 0. The van der Waals surface area contributed by atoms with Gasteiger partial charge in [0, 0.05) is 6.92 Å². The van der Waals surface area contributed by atoms with Gasteiger partial charge in [-0.2, -0.15) is 11.8 Å². The smallest absolute Gasteiger partial charge is 0.303 e. The van der Waals surface area contributed by atoms with Crippen LogP contribution < -0.4 is 0 Å². The molecule has 0 aromatic rings. The third-order valence-electron chi connectivity index (χ3n) is 2.64. The van der Waals surface area contributed by atoms with Crippen molar-refractivity contribution in [3.05, 3.63) is 0 Å². The van der Waals surface area contributed by atoms with Crippen molar-refractivity contribution < 1.29 is 9.53 Å². The summed E-state index contributed by atoms with van der Waals surface area (Å²) in [6.07, 6.45) is 7.66. The molecule has 2 nitrogen and oxygen atoms in total. The predicted molar refractivity (Wildman–Crippen MR) is 56.0 cm³/mol. The zero-order valence-corrected chi connectivity index (χ0v) is 9.28. The Morgan fingerprint density at radius 1 is 1.46 bits per heavy atom. The molecule has 0 bridgehead atoms. The first-order valence-corrected chi connectivity index (χ1v) is 6.26. The van der Waals surface area contributed by atoms with Gasteiger partial charge in [0.15, 0.2) is 0 Å². The van der Waals surface area contributed by atoms with E-state index in [0.717, 1.165) is 25.0 Å². The molecule has 13 heavy (non-hydrogen) atoms. The topological polar surface area (TPSA) is 26.3 Å². The van der Waals surface area contributed by atoms with Crippen LogP contribution in [0.15, 0.2) is 0 Å². The summed E-state index contributed by atoms with van der Waals surface area (Å²) >= 11 is 1.82. The van der Waals surface area contributed by atoms with Crippen molar-refractivity contribution in [1.29, 1.82) is 0 Å². The van der Waals surface area contributed by atoms with Gasteiger partial charge >= 0.3 is 5.97 Å². The normalized spacial score (nSPS) is 20.2. The summed E-state index contributed by atoms with van der Waals surface area (Å²) in [6, 6.07) is 0. The Labute approximate surface area is 84.4 Å². The van der Waals surface area contributed by atoms with Crippen molar-refractivity contribution in [2.24, 2.45) is 0 Å². The van der Waals surface area contributed by atoms with E-state index in [9.17, 15) is 4.79 Å². The van der Waals surface area contributed by atoms with Gasteiger partial charge < -0.3 is 4.74 Å². The van der Waals surface area contributed by atoms with Gasteiger partial charge in [0.05, 0.1) is 0 Å². The van der Waals surface area contributed by atoms with E-state index in [4.69, 9.17) is 4.74 Å². The fraction of sp³-hybridized carbons (Fsp3) is 0.900.